The summed E-state index contributed by atoms with van der Waals surface area (Å²) in [5.74, 6) is -0.218. The van der Waals surface area contributed by atoms with Crippen LogP contribution in [0.25, 0.3) is 10.4 Å². The second-order valence-electron chi connectivity index (χ2n) is 3.42. The molecule has 0 atom stereocenters. The van der Waals surface area contributed by atoms with Crippen LogP contribution in [0.3, 0.4) is 0 Å². The Morgan fingerprint density at radius 1 is 1.44 bits per heavy atom. The second-order valence-corrected chi connectivity index (χ2v) is 4.37. The third kappa shape index (κ3) is 3.38. The maximum Gasteiger partial charge on any atom is 0.252 e. The molecule has 0 bridgehead atoms. The number of aliphatic hydroxyl groups excluding tert-OH is 1. The minimum absolute atomic E-state index is 0. The number of hydrogen-bond donors (Lipinski definition) is 2. The van der Waals surface area contributed by atoms with E-state index in [-0.39, 0.29) is 26.5 Å². The zero-order chi connectivity index (χ0) is 12.1. The molecule has 2 N–H and O–H groups in total. The van der Waals surface area contributed by atoms with Crippen LogP contribution in [0.2, 0.25) is 0 Å². The van der Waals surface area contributed by atoms with Gasteiger partial charge in [0.15, 0.2) is 0 Å². The van der Waals surface area contributed by atoms with Gasteiger partial charge in [-0.2, -0.15) is 0 Å². The van der Waals surface area contributed by atoms with E-state index in [1.54, 1.807) is 23.6 Å². The maximum absolute atomic E-state index is 11.7. The third-order valence-corrected chi connectivity index (χ3v) is 3.12. The summed E-state index contributed by atoms with van der Waals surface area (Å²) in [5, 5.41) is 13.2. The zero-order valence-corrected chi connectivity index (χ0v) is 9.91. The molecule has 0 spiro atoms. The summed E-state index contributed by atoms with van der Waals surface area (Å²) in [7, 11) is 0. The van der Waals surface area contributed by atoms with Crippen LogP contribution < -0.4 is 5.32 Å². The van der Waals surface area contributed by atoms with E-state index in [9.17, 15) is 4.79 Å². The number of aromatic nitrogens is 1. The number of pyridine rings is 1. The summed E-state index contributed by atoms with van der Waals surface area (Å²) in [6.07, 6.45) is 3.25. The molecule has 5 heteroatoms. The third-order valence-electron chi connectivity index (χ3n) is 2.20. The first-order valence-corrected chi connectivity index (χ1v) is 6.07. The molecule has 0 fully saturated rings. The molecule has 2 heterocycles. The number of aliphatic hydroxyl groups is 1. The lowest BCUT2D eigenvalue weighted by Gasteiger charge is -2.04. The predicted octanol–water partition coefficient (Wildman–Crippen LogP) is 2.17. The molecular formula is C13H16N2O2S. The first-order valence-electron chi connectivity index (χ1n) is 5.19. The summed E-state index contributed by atoms with van der Waals surface area (Å²) in [4.78, 5) is 16.8. The number of nitrogens with zero attached hydrogens (tertiary/aromatic N) is 1. The maximum atomic E-state index is 11.7. The summed E-state index contributed by atoms with van der Waals surface area (Å²) >= 11 is 1.60. The Morgan fingerprint density at radius 2 is 2.28 bits per heavy atom. The van der Waals surface area contributed by atoms with E-state index in [1.807, 2.05) is 17.5 Å². The first-order chi connectivity index (χ1) is 8.31. The summed E-state index contributed by atoms with van der Waals surface area (Å²) < 4.78 is 0. The fourth-order valence-electron chi connectivity index (χ4n) is 1.41. The van der Waals surface area contributed by atoms with Gasteiger partial charge in [0.2, 0.25) is 0 Å². The zero-order valence-electron chi connectivity index (χ0n) is 9.09. The van der Waals surface area contributed by atoms with E-state index in [0.717, 1.165) is 10.4 Å². The fraction of sp³-hybridized carbons (Fsp3) is 0.231. The molecule has 18 heavy (non-hydrogen) atoms. The highest BCUT2D eigenvalue weighted by atomic mass is 32.1. The largest absolute Gasteiger partial charge is 0.395 e. The molecule has 0 aliphatic carbocycles. The van der Waals surface area contributed by atoms with Crippen LogP contribution in [0.5, 0.6) is 0 Å². The molecule has 0 aliphatic heterocycles. The number of hydrogen-bond acceptors (Lipinski definition) is 4. The van der Waals surface area contributed by atoms with Crippen molar-refractivity contribution in [2.75, 3.05) is 13.2 Å². The average molecular weight is 264 g/mol. The molecule has 0 saturated heterocycles. The lowest BCUT2D eigenvalue weighted by molar-refractivity contribution is 0.0944. The highest BCUT2D eigenvalue weighted by Gasteiger charge is 2.07. The van der Waals surface area contributed by atoms with Gasteiger partial charge < -0.3 is 10.4 Å². The molecule has 2 rings (SSSR count). The second kappa shape index (κ2) is 6.88. The van der Waals surface area contributed by atoms with Gasteiger partial charge >= 0.3 is 0 Å². The number of carbonyl (C=O) groups is 1. The molecule has 0 aliphatic rings. The number of nitrogens with one attached hydrogen (secondary N) is 1. The van der Waals surface area contributed by atoms with Gasteiger partial charge in [-0.1, -0.05) is 13.5 Å². The van der Waals surface area contributed by atoms with E-state index in [1.165, 1.54) is 6.20 Å². The molecule has 1 amide bonds. The van der Waals surface area contributed by atoms with Gasteiger partial charge in [-0.15, -0.1) is 11.3 Å². The predicted molar refractivity (Wildman–Crippen MR) is 73.7 cm³/mol. The molecule has 0 radical (unpaired) electrons. The van der Waals surface area contributed by atoms with Crippen molar-refractivity contribution >= 4 is 17.2 Å². The van der Waals surface area contributed by atoms with Gasteiger partial charge in [0, 0.05) is 29.4 Å². The summed E-state index contributed by atoms with van der Waals surface area (Å²) in [5.41, 5.74) is 1.43. The molecule has 96 valence electrons. The molecular weight excluding hydrogens is 248 g/mol. The molecule has 0 aromatic carbocycles. The SMILES string of the molecule is C.O=C(NCCO)c1cncc(-c2cccs2)c1. The quantitative estimate of drug-likeness (QED) is 0.889. The fourth-order valence-corrected chi connectivity index (χ4v) is 2.12. The van der Waals surface area contributed by atoms with Gasteiger partial charge in [0.05, 0.1) is 12.2 Å². The Morgan fingerprint density at radius 3 is 2.94 bits per heavy atom. The van der Waals surface area contributed by atoms with Crippen LogP contribution in [-0.4, -0.2) is 29.1 Å². The van der Waals surface area contributed by atoms with Crippen LogP contribution in [0.4, 0.5) is 0 Å². The summed E-state index contributed by atoms with van der Waals surface area (Å²) in [6, 6.07) is 5.74. The average Bonchev–Trinajstić information content (AvgIpc) is 2.90. The summed E-state index contributed by atoms with van der Waals surface area (Å²) in [6.45, 7) is 0.186. The Labute approximate surface area is 110 Å². The van der Waals surface area contributed by atoms with Gasteiger partial charge in [-0.05, 0) is 17.5 Å². The van der Waals surface area contributed by atoms with Gasteiger partial charge in [-0.25, -0.2) is 0 Å². The Bertz CT molecular complexity index is 497. The van der Waals surface area contributed by atoms with E-state index in [0.29, 0.717) is 5.56 Å². The van der Waals surface area contributed by atoms with E-state index in [4.69, 9.17) is 5.11 Å². The van der Waals surface area contributed by atoms with Crippen molar-refractivity contribution in [2.24, 2.45) is 0 Å². The van der Waals surface area contributed by atoms with Crippen molar-refractivity contribution in [2.45, 2.75) is 7.43 Å². The van der Waals surface area contributed by atoms with Gasteiger partial charge in [0.1, 0.15) is 0 Å². The number of thiophene rings is 1. The standard InChI is InChI=1S/C12H12N2O2S.CH4/c15-4-3-14-12(16)10-6-9(7-13-8-10)11-2-1-5-17-11;/h1-2,5-8,15H,3-4H2,(H,14,16);1H4. The van der Waals surface area contributed by atoms with Crippen molar-refractivity contribution < 1.29 is 9.90 Å². The van der Waals surface area contributed by atoms with Gasteiger partial charge in [-0.3, -0.25) is 9.78 Å². The van der Waals surface area contributed by atoms with Crippen molar-refractivity contribution in [3.05, 3.63) is 41.5 Å². The van der Waals surface area contributed by atoms with Crippen LogP contribution >= 0.6 is 11.3 Å². The highest BCUT2D eigenvalue weighted by molar-refractivity contribution is 7.13. The van der Waals surface area contributed by atoms with Crippen molar-refractivity contribution in [1.82, 2.24) is 10.3 Å². The van der Waals surface area contributed by atoms with Crippen molar-refractivity contribution in [3.63, 3.8) is 0 Å². The molecule has 2 aromatic heterocycles. The Hall–Kier alpha value is -1.72. The smallest absolute Gasteiger partial charge is 0.252 e. The number of amides is 1. The number of carbonyl (C=O) groups excluding carboxylic acids is 1. The normalized spacial score (nSPS) is 9.61. The molecule has 0 unspecified atom stereocenters. The monoisotopic (exact) mass is 264 g/mol. The Kier molecular flexibility index (Phi) is 5.48. The Balaban J connectivity index is 0.00000162. The van der Waals surface area contributed by atoms with Gasteiger partial charge in [0.25, 0.3) is 5.91 Å². The van der Waals surface area contributed by atoms with Crippen LogP contribution in [0.1, 0.15) is 17.8 Å². The molecule has 0 saturated carbocycles. The van der Waals surface area contributed by atoms with Crippen molar-refractivity contribution in [1.29, 1.82) is 0 Å². The van der Waals surface area contributed by atoms with Crippen LogP contribution in [0.15, 0.2) is 36.0 Å². The van der Waals surface area contributed by atoms with Crippen molar-refractivity contribution in [3.8, 4) is 10.4 Å². The first kappa shape index (κ1) is 14.3. The van der Waals surface area contributed by atoms with E-state index >= 15 is 0 Å². The van der Waals surface area contributed by atoms with E-state index < -0.39 is 0 Å². The lowest BCUT2D eigenvalue weighted by atomic mass is 10.1. The minimum atomic E-state index is -0.218. The molecule has 2 aromatic rings. The van der Waals surface area contributed by atoms with E-state index in [2.05, 4.69) is 10.3 Å². The topological polar surface area (TPSA) is 62.2 Å². The minimum Gasteiger partial charge on any atom is -0.395 e. The highest BCUT2D eigenvalue weighted by Crippen LogP contribution is 2.24. The number of rotatable bonds is 4. The van der Waals surface area contributed by atoms with Crippen LogP contribution in [0, 0.1) is 0 Å². The lowest BCUT2D eigenvalue weighted by Crippen LogP contribution is -2.26. The molecule has 4 nitrogen and oxygen atoms in total. The van der Waals surface area contributed by atoms with Crippen LogP contribution in [-0.2, 0) is 0 Å².